The molecule has 0 aliphatic carbocycles. The van der Waals surface area contributed by atoms with Crippen molar-refractivity contribution in [2.75, 3.05) is 20.3 Å². The zero-order chi connectivity index (χ0) is 25.4. The minimum atomic E-state index is -0.522. The summed E-state index contributed by atoms with van der Waals surface area (Å²) in [5.41, 5.74) is 4.42. The molecule has 0 spiro atoms. The molecule has 0 heterocycles. The van der Waals surface area contributed by atoms with E-state index >= 15 is 0 Å². The van der Waals surface area contributed by atoms with Gasteiger partial charge in [0.1, 0.15) is 12.4 Å². The Morgan fingerprint density at radius 3 is 1.69 bits per heavy atom. The van der Waals surface area contributed by atoms with Crippen molar-refractivity contribution in [3.8, 4) is 39.5 Å². The molecule has 0 bridgehead atoms. The molecule has 35 heavy (non-hydrogen) atoms. The molecule has 3 aromatic carbocycles. The average molecular weight is 473 g/mol. The summed E-state index contributed by atoms with van der Waals surface area (Å²) in [6.07, 6.45) is 0. The Balaban J connectivity index is 1.81. The van der Waals surface area contributed by atoms with Gasteiger partial charge in [-0.15, -0.1) is 0 Å². The van der Waals surface area contributed by atoms with Gasteiger partial charge in [-0.1, -0.05) is 55.6 Å². The van der Waals surface area contributed by atoms with Gasteiger partial charge >= 0.3 is 11.9 Å². The average Bonchev–Trinajstić information content (AvgIpc) is 2.85. The maximum atomic E-state index is 12.1. The monoisotopic (exact) mass is 472 g/mol. The van der Waals surface area contributed by atoms with E-state index in [2.05, 4.69) is 13.2 Å². The van der Waals surface area contributed by atoms with Crippen molar-refractivity contribution in [1.82, 2.24) is 0 Å². The highest BCUT2D eigenvalue weighted by atomic mass is 16.6. The van der Waals surface area contributed by atoms with E-state index in [1.165, 1.54) is 0 Å². The van der Waals surface area contributed by atoms with E-state index < -0.39 is 11.9 Å². The van der Waals surface area contributed by atoms with Crippen molar-refractivity contribution in [1.29, 1.82) is 0 Å². The third-order valence-corrected chi connectivity index (χ3v) is 5.00. The highest BCUT2D eigenvalue weighted by Crippen LogP contribution is 2.34. The Kier molecular flexibility index (Phi) is 8.59. The first-order chi connectivity index (χ1) is 16.8. The van der Waals surface area contributed by atoms with Crippen molar-refractivity contribution >= 4 is 11.9 Å². The molecule has 0 amide bonds. The van der Waals surface area contributed by atoms with Crippen LogP contribution in [0.5, 0.6) is 17.2 Å². The third-order valence-electron chi connectivity index (χ3n) is 5.00. The van der Waals surface area contributed by atoms with Gasteiger partial charge in [0, 0.05) is 18.3 Å². The summed E-state index contributed by atoms with van der Waals surface area (Å²) in [6, 6.07) is 20.6. The van der Waals surface area contributed by atoms with Crippen LogP contribution >= 0.6 is 0 Å². The van der Waals surface area contributed by atoms with E-state index in [-0.39, 0.29) is 0 Å². The van der Waals surface area contributed by atoms with Crippen molar-refractivity contribution in [2.45, 2.75) is 13.8 Å². The molecule has 0 saturated carbocycles. The number of methoxy groups -OCH3 is 1. The number of ether oxygens (including phenoxy) is 4. The molecule has 0 aromatic heterocycles. The molecule has 0 aliphatic rings. The molecule has 6 nitrogen and oxygen atoms in total. The van der Waals surface area contributed by atoms with Crippen LogP contribution in [0.1, 0.15) is 13.8 Å². The van der Waals surface area contributed by atoms with Crippen LogP contribution in [0.2, 0.25) is 0 Å². The predicted molar refractivity (Wildman–Crippen MR) is 136 cm³/mol. The number of carbonyl (C=O) groups excluding carboxylic acids is 2. The summed E-state index contributed by atoms with van der Waals surface area (Å²) in [6.45, 7) is 11.2. The highest BCUT2D eigenvalue weighted by Gasteiger charge is 2.13. The summed E-state index contributed by atoms with van der Waals surface area (Å²) < 4.78 is 21.5. The summed E-state index contributed by atoms with van der Waals surface area (Å²) in [7, 11) is 1.59. The van der Waals surface area contributed by atoms with Gasteiger partial charge in [-0.3, -0.25) is 0 Å². The van der Waals surface area contributed by atoms with Crippen LogP contribution in [0.4, 0.5) is 0 Å². The highest BCUT2D eigenvalue weighted by molar-refractivity contribution is 5.89. The number of benzene rings is 3. The fourth-order valence-corrected chi connectivity index (χ4v) is 3.07. The van der Waals surface area contributed by atoms with Crippen LogP contribution in [0.15, 0.2) is 91.0 Å². The van der Waals surface area contributed by atoms with Gasteiger partial charge in [0.2, 0.25) is 0 Å². The van der Waals surface area contributed by atoms with Crippen LogP contribution in [0.3, 0.4) is 0 Å². The van der Waals surface area contributed by atoms with Crippen LogP contribution in [0.25, 0.3) is 22.3 Å². The molecule has 0 atom stereocenters. The summed E-state index contributed by atoms with van der Waals surface area (Å²) >= 11 is 0. The smallest absolute Gasteiger partial charge is 0.338 e. The fourth-order valence-electron chi connectivity index (χ4n) is 3.07. The number of carbonyl (C=O) groups is 2. The Labute approximate surface area is 205 Å². The first-order valence-corrected chi connectivity index (χ1v) is 11.0. The maximum absolute atomic E-state index is 12.1. The Bertz CT molecular complexity index is 1220. The van der Waals surface area contributed by atoms with Crippen LogP contribution in [-0.4, -0.2) is 32.3 Å². The first kappa shape index (κ1) is 25.5. The van der Waals surface area contributed by atoms with E-state index in [0.29, 0.717) is 41.6 Å². The van der Waals surface area contributed by atoms with Crippen LogP contribution in [0, 0.1) is 0 Å². The SMILES string of the molecule is C=C(C)C(=O)Oc1ccc(-c2ccc(-c3ccc(OCCOC)c(OC(=O)C(=C)C)c3)cc2)cc1. The molecule has 0 radical (unpaired) electrons. The normalized spacial score (nSPS) is 10.4. The lowest BCUT2D eigenvalue weighted by molar-refractivity contribution is -0.131. The van der Waals surface area contributed by atoms with E-state index in [1.54, 1.807) is 45.2 Å². The van der Waals surface area contributed by atoms with Crippen molar-refractivity contribution in [3.63, 3.8) is 0 Å². The summed E-state index contributed by atoms with van der Waals surface area (Å²) in [5, 5.41) is 0. The van der Waals surface area contributed by atoms with Crippen molar-refractivity contribution in [3.05, 3.63) is 91.0 Å². The Morgan fingerprint density at radius 1 is 0.657 bits per heavy atom. The Morgan fingerprint density at radius 2 is 1.14 bits per heavy atom. The Hall–Kier alpha value is -4.16. The third kappa shape index (κ3) is 6.91. The molecule has 3 aromatic rings. The van der Waals surface area contributed by atoms with E-state index in [4.69, 9.17) is 18.9 Å². The van der Waals surface area contributed by atoms with E-state index in [9.17, 15) is 9.59 Å². The summed E-state index contributed by atoms with van der Waals surface area (Å²) in [5.74, 6) is 0.250. The summed E-state index contributed by atoms with van der Waals surface area (Å²) in [4.78, 5) is 23.8. The molecule has 0 fully saturated rings. The second kappa shape index (κ2) is 11.8. The second-order valence-corrected chi connectivity index (χ2v) is 7.94. The molecule has 0 saturated heterocycles. The topological polar surface area (TPSA) is 71.1 Å². The number of hydrogen-bond acceptors (Lipinski definition) is 6. The quantitative estimate of drug-likeness (QED) is 0.156. The lowest BCUT2D eigenvalue weighted by atomic mass is 10.00. The van der Waals surface area contributed by atoms with Gasteiger partial charge in [-0.05, 0) is 60.4 Å². The van der Waals surface area contributed by atoms with Crippen molar-refractivity contribution in [2.24, 2.45) is 0 Å². The van der Waals surface area contributed by atoms with Gasteiger partial charge < -0.3 is 18.9 Å². The van der Waals surface area contributed by atoms with Gasteiger partial charge in [-0.2, -0.15) is 0 Å². The molecular weight excluding hydrogens is 444 g/mol. The molecule has 0 unspecified atom stereocenters. The molecule has 3 rings (SSSR count). The zero-order valence-electron chi connectivity index (χ0n) is 20.1. The molecule has 180 valence electrons. The van der Waals surface area contributed by atoms with Crippen LogP contribution < -0.4 is 14.2 Å². The van der Waals surface area contributed by atoms with Crippen molar-refractivity contribution < 1.29 is 28.5 Å². The van der Waals surface area contributed by atoms with Gasteiger partial charge in [-0.25, -0.2) is 9.59 Å². The number of rotatable bonds is 10. The maximum Gasteiger partial charge on any atom is 0.338 e. The minimum absolute atomic E-state index is 0.294. The number of esters is 2. The van der Waals surface area contributed by atoms with Gasteiger partial charge in [0.25, 0.3) is 0 Å². The predicted octanol–water partition coefficient (Wildman–Crippen LogP) is 6.01. The first-order valence-electron chi connectivity index (χ1n) is 11.0. The van der Waals surface area contributed by atoms with E-state index in [0.717, 1.165) is 22.3 Å². The minimum Gasteiger partial charge on any atom is -0.487 e. The van der Waals surface area contributed by atoms with Gasteiger partial charge in [0.15, 0.2) is 11.5 Å². The largest absolute Gasteiger partial charge is 0.487 e. The van der Waals surface area contributed by atoms with Crippen LogP contribution in [-0.2, 0) is 14.3 Å². The molecule has 0 N–H and O–H groups in total. The zero-order valence-corrected chi connectivity index (χ0v) is 20.1. The second-order valence-electron chi connectivity index (χ2n) is 7.94. The molecular formula is C29H28O6. The van der Waals surface area contributed by atoms with E-state index in [1.807, 2.05) is 42.5 Å². The fraction of sp³-hybridized carbons (Fsp3) is 0.172. The lowest BCUT2D eigenvalue weighted by Gasteiger charge is -2.13. The standard InChI is InChI=1S/C29H28O6/c1-19(2)28(30)34-25-13-10-22(11-14-25)21-6-8-23(9-7-21)24-12-15-26(33-17-16-32-5)27(18-24)35-29(31)20(3)4/h6-15,18H,1,3,16-17H2,2,4-5H3. The molecule has 6 heteroatoms. The molecule has 0 aliphatic heterocycles. The van der Waals surface area contributed by atoms with Gasteiger partial charge in [0.05, 0.1) is 6.61 Å². The number of hydrogen-bond donors (Lipinski definition) is 0. The lowest BCUT2D eigenvalue weighted by Crippen LogP contribution is -2.11.